The maximum Gasteiger partial charge on any atom is 0.265 e. The molecule has 0 aliphatic carbocycles. The Labute approximate surface area is 192 Å². The summed E-state index contributed by atoms with van der Waals surface area (Å²) in [6, 6.07) is 11.2. The summed E-state index contributed by atoms with van der Waals surface area (Å²) in [6.07, 6.45) is 0. The van der Waals surface area contributed by atoms with Crippen LogP contribution in [0.3, 0.4) is 0 Å². The standard InChI is InChI=1S/C21H26N4O7S/c1-29-18-6-4-3-5-16(18)21(22)24-32-14-20(26)23-17-13-15(7-8-19(17)30-2)33(27,28)25-9-11-31-12-10-25/h3-8,13H,9-12,14H2,1-2H3,(H2,22,24)(H,23,26). The van der Waals surface area contributed by atoms with Crippen molar-refractivity contribution in [1.29, 1.82) is 0 Å². The van der Waals surface area contributed by atoms with Gasteiger partial charge in [-0.05, 0) is 30.3 Å². The summed E-state index contributed by atoms with van der Waals surface area (Å²) in [5.74, 6) is 0.262. The first-order valence-corrected chi connectivity index (χ1v) is 11.5. The summed E-state index contributed by atoms with van der Waals surface area (Å²) in [4.78, 5) is 17.5. The summed E-state index contributed by atoms with van der Waals surface area (Å²) >= 11 is 0. The van der Waals surface area contributed by atoms with Gasteiger partial charge >= 0.3 is 0 Å². The minimum atomic E-state index is -3.75. The van der Waals surface area contributed by atoms with E-state index >= 15 is 0 Å². The molecule has 1 amide bonds. The zero-order valence-electron chi connectivity index (χ0n) is 18.3. The minimum Gasteiger partial charge on any atom is -0.496 e. The summed E-state index contributed by atoms with van der Waals surface area (Å²) in [5.41, 5.74) is 6.61. The van der Waals surface area contributed by atoms with Crippen molar-refractivity contribution >= 4 is 27.5 Å². The van der Waals surface area contributed by atoms with E-state index in [0.717, 1.165) is 0 Å². The van der Waals surface area contributed by atoms with Gasteiger partial charge in [0.05, 0.1) is 43.6 Å². The number of anilines is 1. The second-order valence-corrected chi connectivity index (χ2v) is 8.81. The highest BCUT2D eigenvalue weighted by molar-refractivity contribution is 7.89. The molecule has 1 aliphatic rings. The molecule has 12 heteroatoms. The van der Waals surface area contributed by atoms with Crippen LogP contribution in [0.1, 0.15) is 5.56 Å². The van der Waals surface area contributed by atoms with Crippen LogP contribution in [0.15, 0.2) is 52.5 Å². The first-order chi connectivity index (χ1) is 15.9. The van der Waals surface area contributed by atoms with Crippen LogP contribution in [0, 0.1) is 0 Å². The summed E-state index contributed by atoms with van der Waals surface area (Å²) < 4.78 is 42.8. The molecular formula is C21H26N4O7S. The van der Waals surface area contributed by atoms with Gasteiger partial charge in [0.25, 0.3) is 5.91 Å². The summed E-state index contributed by atoms with van der Waals surface area (Å²) in [6.45, 7) is 0.716. The smallest absolute Gasteiger partial charge is 0.265 e. The number of rotatable bonds is 9. The molecule has 0 radical (unpaired) electrons. The number of carbonyl (C=O) groups is 1. The fourth-order valence-corrected chi connectivity index (χ4v) is 4.57. The number of sulfonamides is 1. The van der Waals surface area contributed by atoms with E-state index in [4.69, 9.17) is 24.8 Å². The van der Waals surface area contributed by atoms with Crippen LogP contribution in [-0.2, 0) is 24.4 Å². The van der Waals surface area contributed by atoms with Crippen molar-refractivity contribution in [2.24, 2.45) is 10.9 Å². The maximum absolute atomic E-state index is 12.9. The van der Waals surface area contributed by atoms with E-state index in [1.807, 2.05) is 0 Å². The van der Waals surface area contributed by atoms with Gasteiger partial charge in [-0.3, -0.25) is 4.79 Å². The second-order valence-electron chi connectivity index (χ2n) is 6.88. The Morgan fingerprint density at radius 1 is 1.12 bits per heavy atom. The van der Waals surface area contributed by atoms with E-state index in [1.165, 1.54) is 36.7 Å². The van der Waals surface area contributed by atoms with E-state index in [9.17, 15) is 13.2 Å². The lowest BCUT2D eigenvalue weighted by atomic mass is 10.2. The topological polar surface area (TPSA) is 142 Å². The number of oxime groups is 1. The van der Waals surface area contributed by atoms with E-state index in [1.54, 1.807) is 24.3 Å². The SMILES string of the molecule is COc1ccc(S(=O)(=O)N2CCOCC2)cc1NC(=O)CO/N=C(/N)c1ccccc1OC. The van der Waals surface area contributed by atoms with Crippen LogP contribution < -0.4 is 20.5 Å². The molecule has 1 heterocycles. The van der Waals surface area contributed by atoms with Gasteiger partial charge in [-0.25, -0.2) is 8.42 Å². The Morgan fingerprint density at radius 3 is 2.52 bits per heavy atom. The van der Waals surface area contributed by atoms with E-state index in [-0.39, 0.29) is 29.5 Å². The number of nitrogens with one attached hydrogen (secondary N) is 1. The molecule has 3 N–H and O–H groups in total. The zero-order valence-corrected chi connectivity index (χ0v) is 19.1. The molecular weight excluding hydrogens is 452 g/mol. The van der Waals surface area contributed by atoms with Crippen molar-refractivity contribution in [3.63, 3.8) is 0 Å². The van der Waals surface area contributed by atoms with E-state index in [0.29, 0.717) is 30.3 Å². The Bertz CT molecular complexity index is 1120. The maximum atomic E-state index is 12.9. The van der Waals surface area contributed by atoms with Crippen molar-refractivity contribution in [3.05, 3.63) is 48.0 Å². The number of ether oxygens (including phenoxy) is 3. The van der Waals surface area contributed by atoms with E-state index in [2.05, 4.69) is 10.5 Å². The number of morpholine rings is 1. The predicted molar refractivity (Wildman–Crippen MR) is 121 cm³/mol. The summed E-state index contributed by atoms with van der Waals surface area (Å²) in [5, 5.41) is 6.33. The van der Waals surface area contributed by atoms with Crippen LogP contribution in [0.25, 0.3) is 0 Å². The second kappa shape index (κ2) is 11.0. The molecule has 0 bridgehead atoms. The molecule has 178 valence electrons. The van der Waals surface area contributed by atoms with E-state index < -0.39 is 22.5 Å². The average Bonchev–Trinajstić information content (AvgIpc) is 2.84. The minimum absolute atomic E-state index is 0.0276. The number of nitrogens with two attached hydrogens (primary N) is 1. The normalized spacial score (nSPS) is 15.0. The molecule has 1 saturated heterocycles. The molecule has 0 atom stereocenters. The first kappa shape index (κ1) is 24.3. The highest BCUT2D eigenvalue weighted by Gasteiger charge is 2.27. The number of hydrogen-bond acceptors (Lipinski definition) is 8. The molecule has 3 rings (SSSR count). The molecule has 0 spiro atoms. The molecule has 1 aliphatic heterocycles. The average molecular weight is 479 g/mol. The van der Waals surface area contributed by atoms with Gasteiger partial charge in [-0.15, -0.1) is 0 Å². The quantitative estimate of drug-likeness (QED) is 0.309. The summed E-state index contributed by atoms with van der Waals surface area (Å²) in [7, 11) is -0.832. The van der Waals surface area contributed by atoms with Gasteiger partial charge in [-0.1, -0.05) is 17.3 Å². The largest absolute Gasteiger partial charge is 0.496 e. The third kappa shape index (κ3) is 5.92. The number of nitrogens with zero attached hydrogens (tertiary/aromatic N) is 2. The molecule has 33 heavy (non-hydrogen) atoms. The number of amidine groups is 1. The van der Waals surface area contributed by atoms with Crippen LogP contribution in [0.5, 0.6) is 11.5 Å². The van der Waals surface area contributed by atoms with Crippen LogP contribution in [0.2, 0.25) is 0 Å². The third-order valence-corrected chi connectivity index (χ3v) is 6.69. The molecule has 11 nitrogen and oxygen atoms in total. The fraction of sp³-hybridized carbons (Fsp3) is 0.333. The Balaban J connectivity index is 1.69. The first-order valence-electron chi connectivity index (χ1n) is 10.0. The molecule has 0 unspecified atom stereocenters. The molecule has 0 aromatic heterocycles. The number of hydrogen-bond donors (Lipinski definition) is 2. The van der Waals surface area contributed by atoms with Crippen LogP contribution in [0.4, 0.5) is 5.69 Å². The van der Waals surface area contributed by atoms with Crippen LogP contribution in [-0.4, -0.2) is 71.6 Å². The van der Waals surface area contributed by atoms with Gasteiger partial charge in [0.1, 0.15) is 11.5 Å². The van der Waals surface area contributed by atoms with Crippen molar-refractivity contribution in [2.45, 2.75) is 4.90 Å². The number of methoxy groups -OCH3 is 2. The number of carbonyl (C=O) groups excluding carboxylic acids is 1. The molecule has 2 aromatic rings. The van der Waals surface area contributed by atoms with Gasteiger partial charge < -0.3 is 30.1 Å². The third-order valence-electron chi connectivity index (χ3n) is 4.79. The van der Waals surface area contributed by atoms with Gasteiger partial charge in [0.2, 0.25) is 10.0 Å². The number of benzene rings is 2. The molecule has 2 aromatic carbocycles. The Morgan fingerprint density at radius 2 is 1.82 bits per heavy atom. The van der Waals surface area contributed by atoms with Gasteiger partial charge in [0.15, 0.2) is 12.4 Å². The predicted octanol–water partition coefficient (Wildman–Crippen LogP) is 1.00. The lowest BCUT2D eigenvalue weighted by Gasteiger charge is -2.26. The molecule has 1 fully saturated rings. The number of amides is 1. The van der Waals surface area contributed by atoms with Crippen molar-refractivity contribution < 1.29 is 32.3 Å². The lowest BCUT2D eigenvalue weighted by Crippen LogP contribution is -2.40. The van der Waals surface area contributed by atoms with Crippen molar-refractivity contribution in [3.8, 4) is 11.5 Å². The lowest BCUT2D eigenvalue weighted by molar-refractivity contribution is -0.120. The highest BCUT2D eigenvalue weighted by Crippen LogP contribution is 2.29. The van der Waals surface area contributed by atoms with Crippen molar-refractivity contribution in [2.75, 3.05) is 52.4 Å². The van der Waals surface area contributed by atoms with Crippen LogP contribution >= 0.6 is 0 Å². The Kier molecular flexibility index (Phi) is 8.09. The van der Waals surface area contributed by atoms with Crippen molar-refractivity contribution in [1.82, 2.24) is 4.31 Å². The number of para-hydroxylation sites is 1. The van der Waals surface area contributed by atoms with Gasteiger partial charge in [-0.2, -0.15) is 4.31 Å². The highest BCUT2D eigenvalue weighted by atomic mass is 32.2. The Hall–Kier alpha value is -3.35. The monoisotopic (exact) mass is 478 g/mol. The molecule has 0 saturated carbocycles. The van der Waals surface area contributed by atoms with Gasteiger partial charge in [0, 0.05) is 13.1 Å². The fourth-order valence-electron chi connectivity index (χ4n) is 3.13. The zero-order chi connectivity index (χ0) is 23.8.